The van der Waals surface area contributed by atoms with Crippen LogP contribution in [0.4, 0.5) is 0 Å². The van der Waals surface area contributed by atoms with E-state index in [0.29, 0.717) is 19.6 Å². The predicted octanol–water partition coefficient (Wildman–Crippen LogP) is 1.98. The summed E-state index contributed by atoms with van der Waals surface area (Å²) in [6.45, 7) is 3.67. The van der Waals surface area contributed by atoms with Gasteiger partial charge in [0.1, 0.15) is 0 Å². The number of nitrogens with zero attached hydrogens (tertiary/aromatic N) is 4. The SMILES string of the molecule is Cc1[nH]c2ccccc2c1CC(=O)N1CCO[C@@H](CN(C)C)[C@@H]1c1cnn(C)c1.O=CO. The number of amides is 1. The van der Waals surface area contributed by atoms with Gasteiger partial charge in [-0.1, -0.05) is 18.2 Å². The van der Waals surface area contributed by atoms with E-state index in [1.54, 1.807) is 4.68 Å². The van der Waals surface area contributed by atoms with Gasteiger partial charge in [-0.05, 0) is 32.6 Å². The van der Waals surface area contributed by atoms with Gasteiger partial charge in [0, 0.05) is 48.5 Å². The third-order valence-electron chi connectivity index (χ3n) is 5.64. The largest absolute Gasteiger partial charge is 0.483 e. The first kappa shape index (κ1) is 23.5. The van der Waals surface area contributed by atoms with Crippen molar-refractivity contribution >= 4 is 23.3 Å². The number of aromatic nitrogens is 3. The molecule has 0 spiro atoms. The number of hydrogen-bond donors (Lipinski definition) is 2. The number of morpholine rings is 1. The lowest BCUT2D eigenvalue weighted by Crippen LogP contribution is -2.51. The number of carbonyl (C=O) groups excluding carboxylic acids is 1. The minimum atomic E-state index is -0.250. The van der Waals surface area contributed by atoms with Crippen LogP contribution in [0.15, 0.2) is 36.7 Å². The predicted molar refractivity (Wildman–Crippen MR) is 121 cm³/mol. The Morgan fingerprint density at radius 1 is 1.38 bits per heavy atom. The Morgan fingerprint density at radius 3 is 2.75 bits per heavy atom. The molecule has 0 unspecified atom stereocenters. The lowest BCUT2D eigenvalue weighted by Gasteiger charge is -2.42. The van der Waals surface area contributed by atoms with Crippen molar-refractivity contribution in [2.24, 2.45) is 7.05 Å². The van der Waals surface area contributed by atoms with Crippen molar-refractivity contribution < 1.29 is 19.4 Å². The van der Waals surface area contributed by atoms with Crippen LogP contribution >= 0.6 is 0 Å². The number of rotatable bonds is 5. The second kappa shape index (κ2) is 10.4. The summed E-state index contributed by atoms with van der Waals surface area (Å²) in [7, 11) is 5.95. The van der Waals surface area contributed by atoms with Crippen molar-refractivity contribution in [3.05, 3.63) is 53.5 Å². The van der Waals surface area contributed by atoms with E-state index < -0.39 is 0 Å². The average molecular weight is 442 g/mol. The number of benzene rings is 1. The molecular weight excluding hydrogens is 410 g/mol. The molecule has 2 aromatic heterocycles. The topological polar surface area (TPSA) is 104 Å². The molecule has 1 saturated heterocycles. The van der Waals surface area contributed by atoms with Crippen molar-refractivity contribution in [3.63, 3.8) is 0 Å². The van der Waals surface area contributed by atoms with Crippen LogP contribution in [-0.4, -0.2) is 81.9 Å². The quantitative estimate of drug-likeness (QED) is 0.587. The van der Waals surface area contributed by atoms with Crippen LogP contribution < -0.4 is 0 Å². The van der Waals surface area contributed by atoms with Gasteiger partial charge in [-0.3, -0.25) is 14.3 Å². The lowest BCUT2D eigenvalue weighted by atomic mass is 9.98. The third-order valence-corrected chi connectivity index (χ3v) is 5.64. The molecule has 3 heterocycles. The molecule has 3 aromatic rings. The van der Waals surface area contributed by atoms with Crippen molar-refractivity contribution in [2.75, 3.05) is 33.8 Å². The first-order chi connectivity index (χ1) is 15.3. The number of hydrogen-bond acceptors (Lipinski definition) is 5. The number of nitrogens with one attached hydrogen (secondary N) is 1. The summed E-state index contributed by atoms with van der Waals surface area (Å²) in [6.07, 6.45) is 4.12. The Bertz CT molecular complexity index is 1060. The van der Waals surface area contributed by atoms with E-state index in [9.17, 15) is 4.79 Å². The molecule has 0 aliphatic carbocycles. The summed E-state index contributed by atoms with van der Waals surface area (Å²) in [5.41, 5.74) is 4.22. The van der Waals surface area contributed by atoms with Gasteiger partial charge in [-0.15, -0.1) is 0 Å². The standard InChI is InChI=1S/C22H29N5O2.CH2O2/c1-15-18(17-7-5-6-8-19(17)24-15)11-21(28)27-9-10-29-20(14-25(2)3)22(27)16-12-23-26(4)13-16;2-1-3/h5-8,12-13,20,22,24H,9-11,14H2,1-4H3;1H,(H,2,3)/t20-,22-;/m0./s1. The summed E-state index contributed by atoms with van der Waals surface area (Å²) in [5.74, 6) is 0.124. The first-order valence-electron chi connectivity index (χ1n) is 10.5. The molecule has 0 radical (unpaired) electrons. The number of fused-ring (bicyclic) bond motifs is 1. The molecule has 1 aromatic carbocycles. The number of carbonyl (C=O) groups is 2. The number of aryl methyl sites for hydroxylation is 2. The van der Waals surface area contributed by atoms with Crippen molar-refractivity contribution in [2.45, 2.75) is 25.5 Å². The normalized spacial score (nSPS) is 18.5. The van der Waals surface area contributed by atoms with Crippen LogP contribution in [0.1, 0.15) is 22.9 Å². The fourth-order valence-electron chi connectivity index (χ4n) is 4.33. The van der Waals surface area contributed by atoms with Crippen LogP contribution in [-0.2, 0) is 27.8 Å². The van der Waals surface area contributed by atoms with Gasteiger partial charge >= 0.3 is 0 Å². The maximum Gasteiger partial charge on any atom is 0.290 e. The molecular formula is C23H31N5O4. The number of aromatic amines is 1. The number of para-hydroxylation sites is 1. The molecule has 32 heavy (non-hydrogen) atoms. The number of likely N-dealkylation sites (N-methyl/N-ethyl adjacent to an activating group) is 1. The van der Waals surface area contributed by atoms with Gasteiger partial charge in [0.2, 0.25) is 5.91 Å². The summed E-state index contributed by atoms with van der Waals surface area (Å²) in [6, 6.07) is 8.02. The summed E-state index contributed by atoms with van der Waals surface area (Å²) >= 11 is 0. The van der Waals surface area contributed by atoms with E-state index in [1.807, 2.05) is 57.5 Å². The van der Waals surface area contributed by atoms with Gasteiger partial charge in [0.15, 0.2) is 0 Å². The van der Waals surface area contributed by atoms with Crippen LogP contribution in [0, 0.1) is 6.92 Å². The lowest BCUT2D eigenvalue weighted by molar-refractivity contribution is -0.147. The maximum atomic E-state index is 13.5. The van der Waals surface area contributed by atoms with Gasteiger partial charge < -0.3 is 24.6 Å². The Labute approximate surface area is 187 Å². The second-order valence-electron chi connectivity index (χ2n) is 8.21. The zero-order chi connectivity index (χ0) is 23.3. The molecule has 0 bridgehead atoms. The number of H-pyrrole nitrogens is 1. The van der Waals surface area contributed by atoms with E-state index in [4.69, 9.17) is 14.6 Å². The Hall–Kier alpha value is -3.17. The maximum absolute atomic E-state index is 13.5. The van der Waals surface area contributed by atoms with Crippen LogP contribution in [0.3, 0.4) is 0 Å². The summed E-state index contributed by atoms with van der Waals surface area (Å²) < 4.78 is 7.88. The highest BCUT2D eigenvalue weighted by Gasteiger charge is 2.37. The highest BCUT2D eigenvalue weighted by atomic mass is 16.5. The molecule has 9 nitrogen and oxygen atoms in total. The first-order valence-corrected chi connectivity index (χ1v) is 10.5. The molecule has 9 heteroatoms. The Morgan fingerprint density at radius 2 is 2.09 bits per heavy atom. The van der Waals surface area contributed by atoms with E-state index in [2.05, 4.69) is 27.1 Å². The van der Waals surface area contributed by atoms with E-state index in [-0.39, 0.29) is 24.5 Å². The highest BCUT2D eigenvalue weighted by molar-refractivity contribution is 5.90. The Balaban J connectivity index is 0.000000913. The number of carboxylic acid groups (broad SMARTS) is 1. The average Bonchev–Trinajstić information content (AvgIpc) is 3.31. The zero-order valence-corrected chi connectivity index (χ0v) is 19.0. The van der Waals surface area contributed by atoms with E-state index >= 15 is 0 Å². The molecule has 2 atom stereocenters. The molecule has 1 aliphatic rings. The minimum Gasteiger partial charge on any atom is -0.483 e. The van der Waals surface area contributed by atoms with Crippen molar-refractivity contribution in [1.82, 2.24) is 24.6 Å². The van der Waals surface area contributed by atoms with Crippen LogP contribution in [0.2, 0.25) is 0 Å². The van der Waals surface area contributed by atoms with Gasteiger partial charge in [-0.2, -0.15) is 5.10 Å². The molecule has 1 aliphatic heterocycles. The molecule has 0 saturated carbocycles. The van der Waals surface area contributed by atoms with Crippen LogP contribution in [0.5, 0.6) is 0 Å². The fourth-order valence-corrected chi connectivity index (χ4v) is 4.33. The highest BCUT2D eigenvalue weighted by Crippen LogP contribution is 2.31. The third kappa shape index (κ3) is 5.17. The van der Waals surface area contributed by atoms with Crippen LogP contribution in [0.25, 0.3) is 10.9 Å². The monoisotopic (exact) mass is 441 g/mol. The Kier molecular flexibility index (Phi) is 7.66. The van der Waals surface area contributed by atoms with Gasteiger partial charge in [0.25, 0.3) is 6.47 Å². The van der Waals surface area contributed by atoms with Crippen molar-refractivity contribution in [1.29, 1.82) is 0 Å². The molecule has 4 rings (SSSR count). The number of ether oxygens (including phenoxy) is 1. The molecule has 2 N–H and O–H groups in total. The fraction of sp³-hybridized carbons (Fsp3) is 0.435. The molecule has 1 amide bonds. The van der Waals surface area contributed by atoms with Gasteiger partial charge in [-0.25, -0.2) is 0 Å². The zero-order valence-electron chi connectivity index (χ0n) is 19.0. The minimum absolute atomic E-state index is 0.0871. The van der Waals surface area contributed by atoms with E-state index in [1.165, 1.54) is 0 Å². The summed E-state index contributed by atoms with van der Waals surface area (Å²) in [4.78, 5) is 29.3. The smallest absolute Gasteiger partial charge is 0.290 e. The van der Waals surface area contributed by atoms with Crippen molar-refractivity contribution in [3.8, 4) is 0 Å². The molecule has 172 valence electrons. The summed E-state index contributed by atoms with van der Waals surface area (Å²) in [5, 5.41) is 12.3. The van der Waals surface area contributed by atoms with Gasteiger partial charge in [0.05, 0.1) is 31.4 Å². The van der Waals surface area contributed by atoms with E-state index in [0.717, 1.165) is 34.3 Å². The second-order valence-corrected chi connectivity index (χ2v) is 8.21. The molecule has 1 fully saturated rings.